The Hall–Kier alpha value is -0.393. The number of hydrogen-bond acceptors (Lipinski definition) is 4. The van der Waals surface area contributed by atoms with Gasteiger partial charge in [-0.3, -0.25) is 9.69 Å². The highest BCUT2D eigenvalue weighted by atomic mass is 28.3. The van der Waals surface area contributed by atoms with Crippen molar-refractivity contribution in [2.45, 2.75) is 52.2 Å². The third-order valence-corrected chi connectivity index (χ3v) is 11.4. The Bertz CT molecular complexity index is 343. The first-order valence-corrected chi connectivity index (χ1v) is 10.6. The molecule has 0 atom stereocenters. The highest BCUT2D eigenvalue weighted by Gasteiger charge is 2.47. The van der Waals surface area contributed by atoms with Gasteiger partial charge in [-0.25, -0.2) is 0 Å². The molecular weight excluding hydrogens is 268 g/mol. The normalized spacial score (nSPS) is 18.8. The molecule has 1 aliphatic heterocycles. The van der Waals surface area contributed by atoms with E-state index in [4.69, 9.17) is 4.74 Å². The third kappa shape index (κ3) is 3.62. The minimum Gasteiger partial charge on any atom is -0.469 e. The van der Waals surface area contributed by atoms with E-state index >= 15 is 0 Å². The van der Waals surface area contributed by atoms with Crippen LogP contribution in [0.5, 0.6) is 0 Å². The highest BCUT2D eigenvalue weighted by Crippen LogP contribution is 2.46. The van der Waals surface area contributed by atoms with E-state index in [1.54, 1.807) is 0 Å². The molecule has 0 radical (unpaired) electrons. The molecule has 1 fully saturated rings. The SMILES string of the molecule is COC(=O)CCN1CCN([Si](C)(C)C(C)(C)C(C)C)C1. The fourth-order valence-electron chi connectivity index (χ4n) is 2.75. The van der Waals surface area contributed by atoms with Gasteiger partial charge in [0, 0.05) is 26.3 Å². The topological polar surface area (TPSA) is 32.8 Å². The van der Waals surface area contributed by atoms with Crippen LogP contribution in [0.4, 0.5) is 0 Å². The molecule has 1 saturated heterocycles. The summed E-state index contributed by atoms with van der Waals surface area (Å²) in [6.07, 6.45) is 0.500. The molecule has 0 bridgehead atoms. The van der Waals surface area contributed by atoms with E-state index in [-0.39, 0.29) is 5.97 Å². The molecule has 4 nitrogen and oxygen atoms in total. The zero-order chi connectivity index (χ0) is 15.6. The van der Waals surface area contributed by atoms with Gasteiger partial charge in [0.15, 0.2) is 0 Å². The number of nitrogens with zero attached hydrogens (tertiary/aromatic N) is 2. The lowest BCUT2D eigenvalue weighted by Gasteiger charge is -2.48. The average Bonchev–Trinajstić information content (AvgIpc) is 2.84. The summed E-state index contributed by atoms with van der Waals surface area (Å²) in [4.78, 5) is 13.6. The van der Waals surface area contributed by atoms with Crippen molar-refractivity contribution >= 4 is 14.2 Å². The van der Waals surface area contributed by atoms with Gasteiger partial charge in [0.25, 0.3) is 0 Å². The molecule has 0 N–H and O–H groups in total. The first-order chi connectivity index (χ1) is 9.12. The predicted molar refractivity (Wildman–Crippen MR) is 86.1 cm³/mol. The zero-order valence-electron chi connectivity index (χ0n) is 14.3. The monoisotopic (exact) mass is 300 g/mol. The maximum Gasteiger partial charge on any atom is 0.306 e. The van der Waals surface area contributed by atoms with Gasteiger partial charge >= 0.3 is 5.97 Å². The standard InChI is InChI=1S/C15H32N2O2Si/c1-13(2)15(3,4)20(6,7)17-11-10-16(12-17)9-8-14(18)19-5/h13H,8-12H2,1-7H3. The Labute approximate surface area is 125 Å². The molecule has 0 aromatic rings. The Kier molecular flexibility index (Phi) is 5.81. The number of carbonyl (C=O) groups is 1. The molecular formula is C15H32N2O2Si. The van der Waals surface area contributed by atoms with Gasteiger partial charge in [-0.15, -0.1) is 0 Å². The van der Waals surface area contributed by atoms with Crippen molar-refractivity contribution < 1.29 is 9.53 Å². The molecule has 1 heterocycles. The summed E-state index contributed by atoms with van der Waals surface area (Å²) in [6, 6.07) is 0. The summed E-state index contributed by atoms with van der Waals surface area (Å²) in [6.45, 7) is 18.5. The van der Waals surface area contributed by atoms with E-state index in [2.05, 4.69) is 50.3 Å². The van der Waals surface area contributed by atoms with E-state index in [1.807, 2.05) is 0 Å². The van der Waals surface area contributed by atoms with Crippen LogP contribution in [0, 0.1) is 5.92 Å². The largest absolute Gasteiger partial charge is 0.469 e. The second-order valence-electron chi connectivity index (χ2n) is 7.28. The maximum atomic E-state index is 11.2. The number of rotatable bonds is 6. The first kappa shape index (κ1) is 17.7. The second kappa shape index (κ2) is 6.58. The lowest BCUT2D eigenvalue weighted by Crippen LogP contribution is -2.56. The van der Waals surface area contributed by atoms with Crippen LogP contribution >= 0.6 is 0 Å². The summed E-state index contributed by atoms with van der Waals surface area (Å²) in [5.41, 5.74) is 0. The Morgan fingerprint density at radius 3 is 2.40 bits per heavy atom. The van der Waals surface area contributed by atoms with Gasteiger partial charge in [0.1, 0.15) is 8.24 Å². The van der Waals surface area contributed by atoms with Crippen LogP contribution in [0.15, 0.2) is 0 Å². The lowest BCUT2D eigenvalue weighted by atomic mass is 9.99. The lowest BCUT2D eigenvalue weighted by molar-refractivity contribution is -0.140. The van der Waals surface area contributed by atoms with Crippen LogP contribution in [0.25, 0.3) is 0 Å². The molecule has 1 rings (SSSR count). The summed E-state index contributed by atoms with van der Waals surface area (Å²) in [7, 11) is -0.0337. The number of ether oxygens (including phenoxy) is 1. The molecule has 0 aliphatic carbocycles. The minimum absolute atomic E-state index is 0.109. The van der Waals surface area contributed by atoms with Gasteiger partial charge in [0.2, 0.25) is 0 Å². The molecule has 0 spiro atoms. The number of hydrogen-bond donors (Lipinski definition) is 0. The number of methoxy groups -OCH3 is 1. The molecule has 0 aromatic heterocycles. The Balaban J connectivity index is 2.60. The van der Waals surface area contributed by atoms with Crippen LogP contribution < -0.4 is 0 Å². The molecule has 118 valence electrons. The van der Waals surface area contributed by atoms with E-state index in [0.29, 0.717) is 17.4 Å². The summed E-state index contributed by atoms with van der Waals surface area (Å²) in [5, 5.41) is 0.380. The van der Waals surface area contributed by atoms with Crippen LogP contribution in [0.3, 0.4) is 0 Å². The molecule has 0 amide bonds. The highest BCUT2D eigenvalue weighted by molar-refractivity contribution is 6.77. The number of esters is 1. The van der Waals surface area contributed by atoms with Gasteiger partial charge in [0.05, 0.1) is 13.5 Å². The Morgan fingerprint density at radius 2 is 1.90 bits per heavy atom. The van der Waals surface area contributed by atoms with Crippen molar-refractivity contribution in [3.8, 4) is 0 Å². The maximum absolute atomic E-state index is 11.2. The summed E-state index contributed by atoms with van der Waals surface area (Å²) in [5.74, 6) is 0.579. The van der Waals surface area contributed by atoms with Crippen molar-refractivity contribution in [2.24, 2.45) is 5.92 Å². The summed E-state index contributed by atoms with van der Waals surface area (Å²) >= 11 is 0. The van der Waals surface area contributed by atoms with E-state index in [0.717, 1.165) is 26.3 Å². The van der Waals surface area contributed by atoms with Crippen LogP contribution in [-0.2, 0) is 9.53 Å². The van der Waals surface area contributed by atoms with Gasteiger partial charge < -0.3 is 9.30 Å². The smallest absolute Gasteiger partial charge is 0.306 e. The molecule has 1 aliphatic rings. The van der Waals surface area contributed by atoms with E-state index in [9.17, 15) is 4.79 Å². The predicted octanol–water partition coefficient (Wildman–Crippen LogP) is 2.77. The van der Waals surface area contributed by atoms with Crippen LogP contribution in [0.1, 0.15) is 34.1 Å². The third-order valence-electron chi connectivity index (χ3n) is 5.73. The van der Waals surface area contributed by atoms with Gasteiger partial charge in [-0.2, -0.15) is 0 Å². The number of carbonyl (C=O) groups excluding carboxylic acids is 1. The summed E-state index contributed by atoms with van der Waals surface area (Å²) < 4.78 is 7.40. The molecule has 20 heavy (non-hydrogen) atoms. The molecule has 5 heteroatoms. The van der Waals surface area contributed by atoms with Crippen molar-refractivity contribution in [1.29, 1.82) is 0 Å². The Morgan fingerprint density at radius 1 is 1.30 bits per heavy atom. The van der Waals surface area contributed by atoms with Crippen molar-refractivity contribution in [3.05, 3.63) is 0 Å². The second-order valence-corrected chi connectivity index (χ2v) is 12.3. The zero-order valence-corrected chi connectivity index (χ0v) is 15.3. The fraction of sp³-hybridized carbons (Fsp3) is 0.933. The quantitative estimate of drug-likeness (QED) is 0.558. The first-order valence-electron chi connectivity index (χ1n) is 7.67. The van der Waals surface area contributed by atoms with E-state index < -0.39 is 8.24 Å². The van der Waals surface area contributed by atoms with Crippen molar-refractivity contribution in [1.82, 2.24) is 9.47 Å². The van der Waals surface area contributed by atoms with E-state index in [1.165, 1.54) is 7.11 Å². The van der Waals surface area contributed by atoms with Gasteiger partial charge in [-0.1, -0.05) is 40.8 Å². The minimum atomic E-state index is -1.49. The fourth-order valence-corrected chi connectivity index (χ4v) is 6.19. The van der Waals surface area contributed by atoms with Crippen molar-refractivity contribution in [3.63, 3.8) is 0 Å². The molecule has 0 saturated carbocycles. The van der Waals surface area contributed by atoms with Crippen molar-refractivity contribution in [2.75, 3.05) is 33.4 Å². The molecule has 0 aromatic carbocycles. The average molecular weight is 301 g/mol. The molecule has 0 unspecified atom stereocenters. The van der Waals surface area contributed by atoms with Crippen LogP contribution in [-0.4, -0.2) is 57.1 Å². The van der Waals surface area contributed by atoms with Gasteiger partial charge in [-0.05, 0) is 11.0 Å². The van der Waals surface area contributed by atoms with Crippen LogP contribution in [0.2, 0.25) is 18.1 Å².